The molecule has 1 unspecified atom stereocenters. The maximum atomic E-state index is 5.52. The van der Waals surface area contributed by atoms with Gasteiger partial charge in [0.25, 0.3) is 0 Å². The van der Waals surface area contributed by atoms with Crippen LogP contribution in [-0.4, -0.2) is 13.2 Å². The number of rotatable bonds is 2. The maximum Gasteiger partial charge on any atom is 0.109 e. The minimum Gasteiger partial charge on any atom is -0.469 e. The summed E-state index contributed by atoms with van der Waals surface area (Å²) in [5.41, 5.74) is 1.36. The predicted molar refractivity (Wildman–Crippen MR) is 55.6 cm³/mol. The Morgan fingerprint density at radius 3 is 2.93 bits per heavy atom. The lowest BCUT2D eigenvalue weighted by Crippen LogP contribution is -2.16. The zero-order chi connectivity index (χ0) is 9.97. The molecule has 2 nitrogen and oxygen atoms in total. The second-order valence-corrected chi connectivity index (χ2v) is 4.31. The second kappa shape index (κ2) is 4.18. The molecule has 2 rings (SSSR count). The van der Waals surface area contributed by atoms with Crippen molar-refractivity contribution in [3.8, 4) is 0 Å². The Morgan fingerprint density at radius 1 is 1.43 bits per heavy atom. The lowest BCUT2D eigenvalue weighted by atomic mass is 9.91. The van der Waals surface area contributed by atoms with Crippen molar-refractivity contribution in [3.63, 3.8) is 0 Å². The predicted octanol–water partition coefficient (Wildman–Crippen LogP) is 3.30. The standard InChI is InChI=1S/C12H18O2/c1-9(2)12-11(5-7-14-12)10-4-3-6-13-8-10/h5,7,9-10H,3-4,6,8H2,1-2H3. The van der Waals surface area contributed by atoms with Gasteiger partial charge in [-0.1, -0.05) is 13.8 Å². The summed E-state index contributed by atoms with van der Waals surface area (Å²) < 4.78 is 11.0. The van der Waals surface area contributed by atoms with Crippen LogP contribution in [0.3, 0.4) is 0 Å². The Balaban J connectivity index is 2.17. The molecule has 2 heterocycles. The smallest absolute Gasteiger partial charge is 0.109 e. The van der Waals surface area contributed by atoms with Crippen LogP contribution in [0.5, 0.6) is 0 Å². The van der Waals surface area contributed by atoms with E-state index in [0.29, 0.717) is 11.8 Å². The summed E-state index contributed by atoms with van der Waals surface area (Å²) in [6.45, 7) is 6.13. The van der Waals surface area contributed by atoms with Crippen LogP contribution in [0.2, 0.25) is 0 Å². The van der Waals surface area contributed by atoms with Gasteiger partial charge < -0.3 is 9.15 Å². The second-order valence-electron chi connectivity index (χ2n) is 4.31. The largest absolute Gasteiger partial charge is 0.469 e. The average Bonchev–Trinajstić information content (AvgIpc) is 2.67. The van der Waals surface area contributed by atoms with Crippen molar-refractivity contribution in [1.82, 2.24) is 0 Å². The van der Waals surface area contributed by atoms with Gasteiger partial charge in [-0.3, -0.25) is 0 Å². The van der Waals surface area contributed by atoms with Crippen LogP contribution >= 0.6 is 0 Å². The van der Waals surface area contributed by atoms with Gasteiger partial charge in [0.15, 0.2) is 0 Å². The lowest BCUT2D eigenvalue weighted by molar-refractivity contribution is 0.0798. The molecular formula is C12H18O2. The molecule has 0 amide bonds. The van der Waals surface area contributed by atoms with E-state index in [4.69, 9.17) is 9.15 Å². The van der Waals surface area contributed by atoms with Gasteiger partial charge in [-0.2, -0.15) is 0 Å². The first-order chi connectivity index (χ1) is 6.79. The summed E-state index contributed by atoms with van der Waals surface area (Å²) in [6.07, 6.45) is 4.21. The van der Waals surface area contributed by atoms with Crippen molar-refractivity contribution in [3.05, 3.63) is 23.7 Å². The molecule has 1 aromatic rings. The van der Waals surface area contributed by atoms with E-state index in [1.54, 1.807) is 6.26 Å². The summed E-state index contributed by atoms with van der Waals surface area (Å²) in [6, 6.07) is 2.11. The van der Waals surface area contributed by atoms with Crippen molar-refractivity contribution in [1.29, 1.82) is 0 Å². The first-order valence-electron chi connectivity index (χ1n) is 5.44. The van der Waals surface area contributed by atoms with E-state index in [1.807, 2.05) is 0 Å². The van der Waals surface area contributed by atoms with Crippen molar-refractivity contribution >= 4 is 0 Å². The molecule has 0 N–H and O–H groups in total. The molecule has 0 saturated carbocycles. The molecule has 0 radical (unpaired) electrons. The van der Waals surface area contributed by atoms with Gasteiger partial charge in [-0.25, -0.2) is 0 Å². The van der Waals surface area contributed by atoms with Crippen molar-refractivity contribution < 1.29 is 9.15 Å². The molecule has 0 spiro atoms. The normalized spacial score (nSPS) is 22.9. The maximum absolute atomic E-state index is 5.52. The molecule has 14 heavy (non-hydrogen) atoms. The highest BCUT2D eigenvalue weighted by molar-refractivity contribution is 5.24. The summed E-state index contributed by atoms with van der Waals surface area (Å²) in [5, 5.41) is 0. The number of ether oxygens (including phenoxy) is 1. The molecule has 78 valence electrons. The quantitative estimate of drug-likeness (QED) is 0.720. The Kier molecular flexibility index (Phi) is 2.92. The highest BCUT2D eigenvalue weighted by Gasteiger charge is 2.21. The topological polar surface area (TPSA) is 22.4 Å². The van der Waals surface area contributed by atoms with Gasteiger partial charge in [0, 0.05) is 18.4 Å². The molecule has 0 aliphatic carbocycles. The van der Waals surface area contributed by atoms with Crippen LogP contribution in [0.25, 0.3) is 0 Å². The molecule has 0 bridgehead atoms. The molecule has 1 aromatic heterocycles. The lowest BCUT2D eigenvalue weighted by Gasteiger charge is -2.22. The van der Waals surface area contributed by atoms with E-state index in [9.17, 15) is 0 Å². The van der Waals surface area contributed by atoms with Crippen LogP contribution in [0.1, 0.15) is 49.8 Å². The summed E-state index contributed by atoms with van der Waals surface area (Å²) in [7, 11) is 0. The summed E-state index contributed by atoms with van der Waals surface area (Å²) in [4.78, 5) is 0. The van der Waals surface area contributed by atoms with Crippen LogP contribution in [-0.2, 0) is 4.74 Å². The third kappa shape index (κ3) is 1.85. The number of furan rings is 1. The van der Waals surface area contributed by atoms with Gasteiger partial charge in [0.2, 0.25) is 0 Å². The minimum atomic E-state index is 0.474. The Labute approximate surface area is 85.3 Å². The van der Waals surface area contributed by atoms with Gasteiger partial charge in [0.1, 0.15) is 5.76 Å². The van der Waals surface area contributed by atoms with E-state index in [1.165, 1.54) is 18.4 Å². The molecule has 1 fully saturated rings. The molecule has 1 atom stereocenters. The van der Waals surface area contributed by atoms with Gasteiger partial charge in [-0.05, 0) is 24.5 Å². The fraction of sp³-hybridized carbons (Fsp3) is 0.667. The van der Waals surface area contributed by atoms with Gasteiger partial charge in [-0.15, -0.1) is 0 Å². The molecule has 2 heteroatoms. The molecular weight excluding hydrogens is 176 g/mol. The average molecular weight is 194 g/mol. The zero-order valence-electron chi connectivity index (χ0n) is 8.95. The summed E-state index contributed by atoms with van der Waals surface area (Å²) >= 11 is 0. The highest BCUT2D eigenvalue weighted by atomic mass is 16.5. The molecule has 1 saturated heterocycles. The Morgan fingerprint density at radius 2 is 2.29 bits per heavy atom. The third-order valence-electron chi connectivity index (χ3n) is 2.85. The van der Waals surface area contributed by atoms with Crippen LogP contribution < -0.4 is 0 Å². The van der Waals surface area contributed by atoms with E-state index < -0.39 is 0 Å². The number of hydrogen-bond donors (Lipinski definition) is 0. The fourth-order valence-corrected chi connectivity index (χ4v) is 2.12. The third-order valence-corrected chi connectivity index (χ3v) is 2.85. The zero-order valence-corrected chi connectivity index (χ0v) is 8.95. The van der Waals surface area contributed by atoms with Crippen molar-refractivity contribution in [2.24, 2.45) is 0 Å². The minimum absolute atomic E-state index is 0.474. The van der Waals surface area contributed by atoms with Crippen molar-refractivity contribution in [2.45, 2.75) is 38.5 Å². The van der Waals surface area contributed by atoms with E-state index >= 15 is 0 Å². The molecule has 0 aromatic carbocycles. The SMILES string of the molecule is CC(C)c1occc1C1CCCOC1. The fourth-order valence-electron chi connectivity index (χ4n) is 2.12. The Hall–Kier alpha value is -0.760. The number of hydrogen-bond acceptors (Lipinski definition) is 2. The van der Waals surface area contributed by atoms with Crippen LogP contribution in [0.15, 0.2) is 16.7 Å². The van der Waals surface area contributed by atoms with E-state index in [2.05, 4.69) is 19.9 Å². The van der Waals surface area contributed by atoms with E-state index in [0.717, 1.165) is 19.0 Å². The van der Waals surface area contributed by atoms with Gasteiger partial charge in [0.05, 0.1) is 12.9 Å². The first kappa shape index (κ1) is 9.78. The summed E-state index contributed by atoms with van der Waals surface area (Å²) in [5.74, 6) is 2.17. The van der Waals surface area contributed by atoms with E-state index in [-0.39, 0.29) is 0 Å². The highest BCUT2D eigenvalue weighted by Crippen LogP contribution is 2.32. The monoisotopic (exact) mass is 194 g/mol. The molecule has 1 aliphatic rings. The molecule has 1 aliphatic heterocycles. The van der Waals surface area contributed by atoms with Crippen LogP contribution in [0.4, 0.5) is 0 Å². The first-order valence-corrected chi connectivity index (χ1v) is 5.44. The van der Waals surface area contributed by atoms with Crippen LogP contribution in [0, 0.1) is 0 Å². The van der Waals surface area contributed by atoms with Gasteiger partial charge >= 0.3 is 0 Å². The Bertz CT molecular complexity index is 282. The van der Waals surface area contributed by atoms with Crippen molar-refractivity contribution in [2.75, 3.05) is 13.2 Å².